The Hall–Kier alpha value is -6.96. The van der Waals surface area contributed by atoms with Crippen LogP contribution in [0.25, 0.3) is 27.0 Å². The fourth-order valence-corrected chi connectivity index (χ4v) is 9.80. The molecule has 0 fully saturated rings. The standard InChI is InChI=1S/C45H39FN8O5S2/c1-24-6-17-36(42-39(24)32(22-47)23-49-42)53-61(57,58)33-14-7-28(8-15-33)18-19-48-44(56)31-13-16-34(35(46)20-31)29-9-11-30(12-10-29)41-40-25(2)26(3)60-45(40)54-27(4)51-52-43(54)37(50-41)21-38(55)59-5/h6-17,20,23,37,49,53H,18-19,21H2,1-5H3,(H,48,56)/t37-/m0/s1. The van der Waals surface area contributed by atoms with E-state index in [1.807, 2.05) is 44.4 Å². The number of ether oxygens (including phenoxy) is 1. The Morgan fingerprint density at radius 1 is 0.984 bits per heavy atom. The highest BCUT2D eigenvalue weighted by atomic mass is 32.2. The van der Waals surface area contributed by atoms with Gasteiger partial charge < -0.3 is 15.0 Å². The maximum Gasteiger partial charge on any atom is 0.308 e. The van der Waals surface area contributed by atoms with E-state index < -0.39 is 33.8 Å². The number of aromatic amines is 1. The van der Waals surface area contributed by atoms with Crippen LogP contribution in [0.15, 0.2) is 94.9 Å². The van der Waals surface area contributed by atoms with E-state index in [2.05, 4.69) is 31.3 Å². The van der Waals surface area contributed by atoms with Gasteiger partial charge in [0.2, 0.25) is 0 Å². The third kappa shape index (κ3) is 7.69. The molecule has 61 heavy (non-hydrogen) atoms. The van der Waals surface area contributed by atoms with Gasteiger partial charge in [-0.1, -0.05) is 48.5 Å². The molecular weight excluding hydrogens is 816 g/mol. The molecule has 8 rings (SSSR count). The Balaban J connectivity index is 0.932. The zero-order valence-electron chi connectivity index (χ0n) is 33.8. The molecule has 1 amide bonds. The molecule has 0 saturated heterocycles. The predicted molar refractivity (Wildman–Crippen MR) is 231 cm³/mol. The second kappa shape index (κ2) is 16.2. The number of aryl methyl sites for hydroxylation is 3. The van der Waals surface area contributed by atoms with Crippen molar-refractivity contribution in [3.05, 3.63) is 146 Å². The smallest absolute Gasteiger partial charge is 0.308 e. The van der Waals surface area contributed by atoms with Gasteiger partial charge in [0.1, 0.15) is 28.8 Å². The molecular formula is C45H39FN8O5S2. The summed E-state index contributed by atoms with van der Waals surface area (Å²) in [6.45, 7) is 8.03. The molecule has 3 aromatic heterocycles. The van der Waals surface area contributed by atoms with Gasteiger partial charge in [-0.25, -0.2) is 12.8 Å². The summed E-state index contributed by atoms with van der Waals surface area (Å²) < 4.78 is 51.7. The van der Waals surface area contributed by atoms with Crippen LogP contribution in [0.2, 0.25) is 0 Å². The number of H-pyrrole nitrogens is 1. The summed E-state index contributed by atoms with van der Waals surface area (Å²) in [5, 5.41) is 22.5. The normalized spacial score (nSPS) is 13.5. The van der Waals surface area contributed by atoms with Gasteiger partial charge in [-0.3, -0.25) is 23.9 Å². The number of halogens is 1. The molecule has 0 saturated carbocycles. The Kier molecular flexibility index (Phi) is 10.9. The van der Waals surface area contributed by atoms with Gasteiger partial charge in [0, 0.05) is 45.3 Å². The minimum atomic E-state index is -3.95. The molecule has 16 heteroatoms. The number of nitrogens with zero attached hydrogens (tertiary/aromatic N) is 5. The number of fused-ring (bicyclic) bond motifs is 4. The molecule has 0 spiro atoms. The second-order valence-electron chi connectivity index (χ2n) is 14.7. The molecule has 1 atom stereocenters. The highest BCUT2D eigenvalue weighted by Crippen LogP contribution is 2.40. The van der Waals surface area contributed by atoms with Crippen molar-refractivity contribution in [2.24, 2.45) is 4.99 Å². The highest BCUT2D eigenvalue weighted by molar-refractivity contribution is 7.92. The Morgan fingerprint density at radius 2 is 1.72 bits per heavy atom. The van der Waals surface area contributed by atoms with E-state index in [4.69, 9.17) is 9.73 Å². The predicted octanol–water partition coefficient (Wildman–Crippen LogP) is 7.95. The molecule has 0 unspecified atom stereocenters. The van der Waals surface area contributed by atoms with Crippen LogP contribution in [0.4, 0.5) is 10.1 Å². The number of amides is 1. The zero-order chi connectivity index (χ0) is 43.2. The molecule has 4 aromatic carbocycles. The number of methoxy groups -OCH3 is 1. The van der Waals surface area contributed by atoms with E-state index in [-0.39, 0.29) is 23.4 Å². The summed E-state index contributed by atoms with van der Waals surface area (Å²) in [6.07, 6.45) is 1.93. The van der Waals surface area contributed by atoms with E-state index in [1.54, 1.807) is 66.1 Å². The maximum atomic E-state index is 15.7. The summed E-state index contributed by atoms with van der Waals surface area (Å²) in [6, 6.07) is 22.9. The van der Waals surface area contributed by atoms with Crippen molar-refractivity contribution in [3.63, 3.8) is 0 Å². The van der Waals surface area contributed by atoms with Crippen molar-refractivity contribution >= 4 is 55.5 Å². The summed E-state index contributed by atoms with van der Waals surface area (Å²) >= 11 is 1.60. The number of hydrogen-bond donors (Lipinski definition) is 3. The first-order chi connectivity index (χ1) is 29.3. The lowest BCUT2D eigenvalue weighted by atomic mass is 9.96. The average molecular weight is 855 g/mol. The first-order valence-electron chi connectivity index (χ1n) is 19.3. The summed E-state index contributed by atoms with van der Waals surface area (Å²) in [4.78, 5) is 34.8. The maximum absolute atomic E-state index is 15.7. The number of benzene rings is 4. The number of nitriles is 1. The van der Waals surface area contributed by atoms with Gasteiger partial charge >= 0.3 is 5.97 Å². The van der Waals surface area contributed by atoms with Crippen LogP contribution in [0.3, 0.4) is 0 Å². The third-order valence-electron chi connectivity index (χ3n) is 10.9. The molecule has 3 N–H and O–H groups in total. The van der Waals surface area contributed by atoms with Crippen molar-refractivity contribution in [1.29, 1.82) is 5.26 Å². The van der Waals surface area contributed by atoms with Gasteiger partial charge in [-0.2, -0.15) is 5.26 Å². The third-order valence-corrected chi connectivity index (χ3v) is 13.4. The number of aliphatic imine (C=N–C) groups is 1. The molecule has 0 aliphatic carbocycles. The largest absolute Gasteiger partial charge is 0.469 e. The number of anilines is 1. The lowest BCUT2D eigenvalue weighted by Crippen LogP contribution is -2.25. The Morgan fingerprint density at radius 3 is 2.43 bits per heavy atom. The van der Waals surface area contributed by atoms with Crippen LogP contribution in [0.5, 0.6) is 0 Å². The molecule has 7 aromatic rings. The van der Waals surface area contributed by atoms with Gasteiger partial charge in [-0.05, 0) is 86.7 Å². The molecule has 1 aliphatic heterocycles. The van der Waals surface area contributed by atoms with E-state index in [1.165, 1.54) is 25.3 Å². The van der Waals surface area contributed by atoms with Crippen LogP contribution in [-0.4, -0.2) is 59.4 Å². The SMILES string of the molecule is COC(=O)C[C@@H]1N=C(c2ccc(-c3ccc(C(=O)NCCc4ccc(S(=O)(=O)Nc5ccc(C)c6c(C#N)c[nH]c56)cc4)cc3F)cc2)c2c(sc(C)c2C)-n2c(C)nnc21. The monoisotopic (exact) mass is 854 g/mol. The van der Waals surface area contributed by atoms with E-state index in [9.17, 15) is 23.3 Å². The fourth-order valence-electron chi connectivity index (χ4n) is 7.52. The van der Waals surface area contributed by atoms with Crippen molar-refractivity contribution in [2.45, 2.75) is 51.5 Å². The van der Waals surface area contributed by atoms with Crippen LogP contribution in [0, 0.1) is 44.8 Å². The Labute approximate surface area is 355 Å². The van der Waals surface area contributed by atoms with Crippen molar-refractivity contribution < 1.29 is 27.1 Å². The molecule has 4 heterocycles. The van der Waals surface area contributed by atoms with E-state index >= 15 is 4.39 Å². The van der Waals surface area contributed by atoms with Crippen molar-refractivity contribution in [2.75, 3.05) is 18.4 Å². The van der Waals surface area contributed by atoms with Crippen LogP contribution < -0.4 is 10.0 Å². The van der Waals surface area contributed by atoms with Crippen molar-refractivity contribution in [3.8, 4) is 22.2 Å². The van der Waals surface area contributed by atoms with Gasteiger partial charge in [0.15, 0.2) is 5.82 Å². The topological polar surface area (TPSA) is 184 Å². The summed E-state index contributed by atoms with van der Waals surface area (Å²) in [5.74, 6) is -0.213. The van der Waals surface area contributed by atoms with Crippen LogP contribution in [0.1, 0.15) is 72.7 Å². The summed E-state index contributed by atoms with van der Waals surface area (Å²) in [5.41, 5.74) is 7.41. The number of thiophene rings is 1. The number of aromatic nitrogens is 4. The van der Waals surface area contributed by atoms with Crippen LogP contribution >= 0.6 is 11.3 Å². The zero-order valence-corrected chi connectivity index (χ0v) is 35.4. The van der Waals surface area contributed by atoms with Crippen molar-refractivity contribution in [1.82, 2.24) is 25.1 Å². The molecule has 308 valence electrons. The van der Waals surface area contributed by atoms with Crippen LogP contribution in [-0.2, 0) is 26.0 Å². The van der Waals surface area contributed by atoms with E-state index in [0.29, 0.717) is 57.1 Å². The minimum absolute atomic E-state index is 0.0213. The number of carbonyl (C=O) groups is 2. The molecule has 1 aliphatic rings. The lowest BCUT2D eigenvalue weighted by Gasteiger charge is -2.12. The average Bonchev–Trinajstić information content (AvgIpc) is 3.93. The summed E-state index contributed by atoms with van der Waals surface area (Å²) in [7, 11) is -2.61. The number of rotatable bonds is 11. The Bertz CT molecular complexity index is 3070. The van der Waals surface area contributed by atoms with Gasteiger partial charge in [0.05, 0.1) is 40.9 Å². The lowest BCUT2D eigenvalue weighted by molar-refractivity contribution is -0.141. The quantitative estimate of drug-likeness (QED) is 0.110. The molecule has 0 bridgehead atoms. The number of hydrogen-bond acceptors (Lipinski definition) is 10. The highest BCUT2D eigenvalue weighted by Gasteiger charge is 2.33. The minimum Gasteiger partial charge on any atom is -0.469 e. The molecule has 0 radical (unpaired) electrons. The number of nitrogens with one attached hydrogen (secondary N) is 3. The second-order valence-corrected chi connectivity index (χ2v) is 17.6. The van der Waals surface area contributed by atoms with Gasteiger partial charge in [0.25, 0.3) is 15.9 Å². The van der Waals surface area contributed by atoms with Gasteiger partial charge in [-0.15, -0.1) is 21.5 Å². The fraction of sp³-hybridized carbons (Fsp3) is 0.200. The van der Waals surface area contributed by atoms with E-state index in [0.717, 1.165) is 37.7 Å². The first kappa shape index (κ1) is 40.8. The number of carbonyl (C=O) groups excluding carboxylic acids is 2. The number of sulfonamides is 1. The first-order valence-corrected chi connectivity index (χ1v) is 21.6. The molecule has 13 nitrogen and oxygen atoms in total. The number of esters is 1.